The number of rotatable bonds is 34. The van der Waals surface area contributed by atoms with Crippen LogP contribution in [-0.4, -0.2) is 35.9 Å². The lowest BCUT2D eigenvalue weighted by Crippen LogP contribution is -2.38. The Balaban J connectivity index is 1.66. The van der Waals surface area contributed by atoms with Gasteiger partial charge in [-0.2, -0.15) is 11.8 Å². The zero-order chi connectivity index (χ0) is 31.6. The first-order valence-electron chi connectivity index (χ1n) is 18.7. The maximum Gasteiger partial charge on any atom is 0.234 e. The van der Waals surface area contributed by atoms with E-state index in [0.29, 0.717) is 19.6 Å². The van der Waals surface area contributed by atoms with Crippen molar-refractivity contribution in [3.63, 3.8) is 0 Å². The molecule has 0 aliphatic carbocycles. The molecule has 0 saturated heterocycles. The predicted octanol–water partition coefficient (Wildman–Crippen LogP) is 11.0. The zero-order valence-corrected chi connectivity index (χ0v) is 29.5. The lowest BCUT2D eigenvalue weighted by Gasteiger charge is -2.08. The highest BCUT2D eigenvalue weighted by Crippen LogP contribution is 2.16. The Hall–Kier alpha value is -1.24. The fourth-order valence-corrected chi connectivity index (χ4v) is 6.58. The SMILES string of the molecule is CCCCCCCCCCCCCCCCCCSCCCCCCCCCCOCNNC(=O)CCc1ccc(O)cc1. The van der Waals surface area contributed by atoms with Gasteiger partial charge in [0.2, 0.25) is 5.91 Å². The van der Waals surface area contributed by atoms with E-state index in [2.05, 4.69) is 29.5 Å². The van der Waals surface area contributed by atoms with Crippen molar-refractivity contribution in [1.82, 2.24) is 10.9 Å². The van der Waals surface area contributed by atoms with Gasteiger partial charge in [0.05, 0.1) is 0 Å². The van der Waals surface area contributed by atoms with Crippen LogP contribution in [0.1, 0.15) is 173 Å². The summed E-state index contributed by atoms with van der Waals surface area (Å²) in [6, 6.07) is 6.95. The van der Waals surface area contributed by atoms with Crippen molar-refractivity contribution in [2.75, 3.05) is 24.8 Å². The van der Waals surface area contributed by atoms with Crippen LogP contribution in [0.5, 0.6) is 5.75 Å². The molecule has 0 saturated carbocycles. The molecule has 6 heteroatoms. The zero-order valence-electron chi connectivity index (χ0n) is 28.7. The molecule has 5 nitrogen and oxygen atoms in total. The van der Waals surface area contributed by atoms with Crippen molar-refractivity contribution in [2.24, 2.45) is 0 Å². The quantitative estimate of drug-likeness (QED) is 0.0400. The third-order valence-electron chi connectivity index (χ3n) is 8.45. The Morgan fingerprint density at radius 1 is 0.636 bits per heavy atom. The smallest absolute Gasteiger partial charge is 0.234 e. The van der Waals surface area contributed by atoms with Crippen LogP contribution in [0.3, 0.4) is 0 Å². The van der Waals surface area contributed by atoms with E-state index in [1.54, 1.807) is 12.1 Å². The van der Waals surface area contributed by atoms with E-state index in [0.717, 1.165) is 18.6 Å². The second-order valence-corrected chi connectivity index (χ2v) is 13.9. The van der Waals surface area contributed by atoms with Crippen molar-refractivity contribution in [2.45, 2.75) is 174 Å². The number of nitrogens with one attached hydrogen (secondary N) is 2. The van der Waals surface area contributed by atoms with Gasteiger partial charge in [0.15, 0.2) is 0 Å². The second-order valence-electron chi connectivity index (χ2n) is 12.7. The van der Waals surface area contributed by atoms with Gasteiger partial charge in [0, 0.05) is 13.0 Å². The molecule has 0 unspecified atom stereocenters. The summed E-state index contributed by atoms with van der Waals surface area (Å²) in [6.07, 6.45) is 34.7. The summed E-state index contributed by atoms with van der Waals surface area (Å²) in [5.74, 6) is 2.90. The summed E-state index contributed by atoms with van der Waals surface area (Å²) in [5, 5.41) is 9.30. The number of amides is 1. The number of carbonyl (C=O) groups excluding carboxylic acids is 1. The van der Waals surface area contributed by atoms with Gasteiger partial charge in [-0.3, -0.25) is 10.2 Å². The number of hydrogen-bond acceptors (Lipinski definition) is 5. The Morgan fingerprint density at radius 3 is 1.55 bits per heavy atom. The molecule has 0 fully saturated rings. The molecule has 0 radical (unpaired) electrons. The molecule has 0 atom stereocenters. The Kier molecular flexibility index (Phi) is 30.7. The topological polar surface area (TPSA) is 70.6 Å². The summed E-state index contributed by atoms with van der Waals surface area (Å²) < 4.78 is 5.56. The number of unbranched alkanes of at least 4 members (excludes halogenated alkanes) is 22. The van der Waals surface area contributed by atoms with Gasteiger partial charge in [-0.1, -0.05) is 154 Å². The van der Waals surface area contributed by atoms with Gasteiger partial charge in [0.25, 0.3) is 0 Å². The molecule has 1 amide bonds. The van der Waals surface area contributed by atoms with E-state index in [-0.39, 0.29) is 11.7 Å². The van der Waals surface area contributed by atoms with Crippen LogP contribution in [0.2, 0.25) is 0 Å². The molecule has 3 N–H and O–H groups in total. The molecule has 1 rings (SSSR count). The first-order chi connectivity index (χ1) is 21.7. The van der Waals surface area contributed by atoms with E-state index in [1.165, 1.54) is 159 Å². The maximum absolute atomic E-state index is 11.9. The number of carbonyl (C=O) groups is 1. The number of aromatic hydroxyl groups is 1. The average molecular weight is 635 g/mol. The first-order valence-corrected chi connectivity index (χ1v) is 19.8. The minimum absolute atomic E-state index is 0.0596. The average Bonchev–Trinajstić information content (AvgIpc) is 3.03. The monoisotopic (exact) mass is 635 g/mol. The normalized spacial score (nSPS) is 11.3. The van der Waals surface area contributed by atoms with E-state index in [9.17, 15) is 9.90 Å². The van der Waals surface area contributed by atoms with Gasteiger partial charge >= 0.3 is 0 Å². The minimum atomic E-state index is -0.0596. The number of benzene rings is 1. The Labute approximate surface area is 276 Å². The fourth-order valence-electron chi connectivity index (χ4n) is 5.56. The summed E-state index contributed by atoms with van der Waals surface area (Å²) >= 11 is 2.18. The van der Waals surface area contributed by atoms with Crippen molar-refractivity contribution in [1.29, 1.82) is 0 Å². The summed E-state index contributed by atoms with van der Waals surface area (Å²) in [4.78, 5) is 11.9. The van der Waals surface area contributed by atoms with Gasteiger partial charge in [-0.25, -0.2) is 5.43 Å². The lowest BCUT2D eigenvalue weighted by atomic mass is 10.0. The fraction of sp³-hybridized carbons (Fsp3) is 0.816. The molecule has 44 heavy (non-hydrogen) atoms. The number of hydrogen-bond donors (Lipinski definition) is 3. The Morgan fingerprint density at radius 2 is 1.07 bits per heavy atom. The van der Waals surface area contributed by atoms with Crippen molar-refractivity contribution in [3.8, 4) is 5.75 Å². The van der Waals surface area contributed by atoms with Crippen LogP contribution in [0, 0.1) is 0 Å². The molecule has 1 aromatic rings. The summed E-state index contributed by atoms with van der Waals surface area (Å²) in [5.41, 5.74) is 6.54. The highest BCUT2D eigenvalue weighted by molar-refractivity contribution is 7.99. The van der Waals surface area contributed by atoms with E-state index in [1.807, 2.05) is 12.1 Å². The van der Waals surface area contributed by atoms with Gasteiger partial charge < -0.3 is 9.84 Å². The standard InChI is InChI=1S/C38H70N2O3S/c1-2-3-4-5-6-7-8-9-10-11-12-13-15-18-21-24-33-44-34-25-22-19-16-14-17-20-23-32-43-35-39-40-38(42)31-28-36-26-29-37(41)30-27-36/h26-27,29-30,39,41H,2-25,28,31-35H2,1H3,(H,40,42). The molecule has 0 aromatic heterocycles. The van der Waals surface area contributed by atoms with E-state index < -0.39 is 0 Å². The van der Waals surface area contributed by atoms with Gasteiger partial charge in [0.1, 0.15) is 12.5 Å². The summed E-state index contributed by atoms with van der Waals surface area (Å²) in [7, 11) is 0. The third-order valence-corrected chi connectivity index (χ3v) is 9.60. The summed E-state index contributed by atoms with van der Waals surface area (Å²) in [6.45, 7) is 3.36. The molecular weight excluding hydrogens is 564 g/mol. The number of ether oxygens (including phenoxy) is 1. The molecule has 1 aromatic carbocycles. The molecule has 0 aliphatic heterocycles. The molecule has 256 valence electrons. The highest BCUT2D eigenvalue weighted by atomic mass is 32.2. The highest BCUT2D eigenvalue weighted by Gasteiger charge is 2.02. The van der Waals surface area contributed by atoms with Crippen molar-refractivity contribution >= 4 is 17.7 Å². The number of hydrazine groups is 1. The van der Waals surface area contributed by atoms with Crippen LogP contribution in [0.25, 0.3) is 0 Å². The van der Waals surface area contributed by atoms with Crippen LogP contribution >= 0.6 is 11.8 Å². The minimum Gasteiger partial charge on any atom is -0.508 e. The van der Waals surface area contributed by atoms with Crippen LogP contribution in [-0.2, 0) is 16.0 Å². The molecule has 0 aliphatic rings. The lowest BCUT2D eigenvalue weighted by molar-refractivity contribution is -0.122. The number of aryl methyl sites for hydroxylation is 1. The third kappa shape index (κ3) is 29.5. The predicted molar refractivity (Wildman–Crippen MR) is 192 cm³/mol. The molecule has 0 spiro atoms. The van der Waals surface area contributed by atoms with Gasteiger partial charge in [-0.05, 0) is 54.9 Å². The van der Waals surface area contributed by atoms with Crippen molar-refractivity contribution < 1.29 is 14.6 Å². The number of phenolic OH excluding ortho intramolecular Hbond substituents is 1. The second kappa shape index (κ2) is 33.1. The number of phenols is 1. The first kappa shape index (κ1) is 40.8. The Bertz CT molecular complexity index is 731. The van der Waals surface area contributed by atoms with E-state index >= 15 is 0 Å². The van der Waals surface area contributed by atoms with E-state index in [4.69, 9.17) is 4.74 Å². The number of thioether (sulfide) groups is 1. The molecule has 0 bridgehead atoms. The molecular formula is C38H70N2O3S. The maximum atomic E-state index is 11.9. The van der Waals surface area contributed by atoms with Crippen LogP contribution < -0.4 is 10.9 Å². The molecule has 0 heterocycles. The van der Waals surface area contributed by atoms with Crippen molar-refractivity contribution in [3.05, 3.63) is 29.8 Å². The van der Waals surface area contributed by atoms with Crippen LogP contribution in [0.4, 0.5) is 0 Å². The van der Waals surface area contributed by atoms with Gasteiger partial charge in [-0.15, -0.1) is 0 Å². The largest absolute Gasteiger partial charge is 0.508 e. The van der Waals surface area contributed by atoms with Crippen LogP contribution in [0.15, 0.2) is 24.3 Å².